The monoisotopic (exact) mass is 405 g/mol. The highest BCUT2D eigenvalue weighted by Crippen LogP contribution is 2.39. The summed E-state index contributed by atoms with van der Waals surface area (Å²) in [6.45, 7) is 0.0945. The van der Waals surface area contributed by atoms with Crippen molar-refractivity contribution in [2.45, 2.75) is 6.54 Å². The van der Waals surface area contributed by atoms with Gasteiger partial charge in [-0.1, -0.05) is 17.7 Å². The number of carbonyl (C=O) groups excluding carboxylic acids is 2. The lowest BCUT2D eigenvalue weighted by molar-refractivity contribution is -0.123. The zero-order chi connectivity index (χ0) is 19.1. The molecule has 1 saturated heterocycles. The number of phenols is 2. The number of benzene rings is 2. The Morgan fingerprint density at radius 1 is 1.11 bits per heavy atom. The van der Waals surface area contributed by atoms with Crippen LogP contribution in [-0.4, -0.2) is 33.1 Å². The fourth-order valence-corrected chi connectivity index (χ4v) is 3.72. The molecule has 2 heterocycles. The first-order chi connectivity index (χ1) is 12.9. The predicted octanol–water partition coefficient (Wildman–Crippen LogP) is 3.72. The molecule has 0 aromatic heterocycles. The minimum absolute atomic E-state index is 0.00168. The van der Waals surface area contributed by atoms with E-state index in [0.29, 0.717) is 27.6 Å². The minimum atomic E-state index is -0.466. The number of rotatable bonds is 3. The Hall–Kier alpha value is -2.84. The Labute approximate surface area is 162 Å². The summed E-state index contributed by atoms with van der Waals surface area (Å²) >= 11 is 7.02. The summed E-state index contributed by atoms with van der Waals surface area (Å²) in [6, 6.07) is 7.37. The quantitative estimate of drug-likeness (QED) is 0.593. The van der Waals surface area contributed by atoms with Crippen molar-refractivity contribution < 1.29 is 29.3 Å². The molecule has 2 aliphatic rings. The summed E-state index contributed by atoms with van der Waals surface area (Å²) < 4.78 is 10.5. The zero-order valence-electron chi connectivity index (χ0n) is 13.6. The van der Waals surface area contributed by atoms with Crippen LogP contribution >= 0.6 is 23.4 Å². The fourth-order valence-electron chi connectivity index (χ4n) is 2.67. The van der Waals surface area contributed by atoms with Crippen molar-refractivity contribution in [2.24, 2.45) is 0 Å². The third kappa shape index (κ3) is 3.29. The number of ether oxygens (including phenoxy) is 2. The molecule has 0 saturated carbocycles. The van der Waals surface area contributed by atoms with Crippen LogP contribution < -0.4 is 9.47 Å². The summed E-state index contributed by atoms with van der Waals surface area (Å²) in [7, 11) is 0. The van der Waals surface area contributed by atoms with Crippen molar-refractivity contribution in [3.05, 3.63) is 51.4 Å². The number of carbonyl (C=O) groups is 2. The van der Waals surface area contributed by atoms with Gasteiger partial charge in [0.25, 0.3) is 11.1 Å². The van der Waals surface area contributed by atoms with E-state index in [2.05, 4.69) is 0 Å². The van der Waals surface area contributed by atoms with Crippen LogP contribution in [0.1, 0.15) is 11.1 Å². The van der Waals surface area contributed by atoms with Crippen molar-refractivity contribution in [2.75, 3.05) is 6.79 Å². The third-order valence-corrected chi connectivity index (χ3v) is 5.30. The number of nitrogens with zero attached hydrogens (tertiary/aromatic N) is 1. The molecule has 9 heteroatoms. The summed E-state index contributed by atoms with van der Waals surface area (Å²) in [5, 5.41) is 18.9. The summed E-state index contributed by atoms with van der Waals surface area (Å²) in [6.07, 6.45) is 1.48. The van der Waals surface area contributed by atoms with Gasteiger partial charge in [-0.2, -0.15) is 0 Å². The first kappa shape index (κ1) is 17.6. The maximum atomic E-state index is 12.6. The van der Waals surface area contributed by atoms with Crippen molar-refractivity contribution in [1.29, 1.82) is 0 Å². The number of thioether (sulfide) groups is 1. The normalized spacial score (nSPS) is 17.2. The molecule has 7 nitrogen and oxygen atoms in total. The molecule has 0 unspecified atom stereocenters. The van der Waals surface area contributed by atoms with E-state index >= 15 is 0 Å². The summed E-state index contributed by atoms with van der Waals surface area (Å²) in [5.74, 6) is -0.0134. The topological polar surface area (TPSA) is 96.3 Å². The van der Waals surface area contributed by atoms with E-state index in [9.17, 15) is 19.8 Å². The Morgan fingerprint density at radius 3 is 2.59 bits per heavy atom. The predicted molar refractivity (Wildman–Crippen MR) is 98.9 cm³/mol. The Kier molecular flexibility index (Phi) is 4.37. The molecule has 2 amide bonds. The largest absolute Gasteiger partial charge is 0.504 e. The maximum absolute atomic E-state index is 12.6. The van der Waals surface area contributed by atoms with E-state index in [1.54, 1.807) is 12.1 Å². The molecule has 2 N–H and O–H groups in total. The molecule has 4 rings (SSSR count). The van der Waals surface area contributed by atoms with Crippen LogP contribution in [0.3, 0.4) is 0 Å². The van der Waals surface area contributed by atoms with Crippen LogP contribution in [0.2, 0.25) is 5.02 Å². The van der Waals surface area contributed by atoms with Crippen molar-refractivity contribution in [3.63, 3.8) is 0 Å². The van der Waals surface area contributed by atoms with Gasteiger partial charge in [-0.25, -0.2) is 0 Å². The molecular formula is C18H12ClNO6S. The van der Waals surface area contributed by atoms with Gasteiger partial charge in [0.15, 0.2) is 23.0 Å². The molecule has 0 radical (unpaired) electrons. The smallest absolute Gasteiger partial charge is 0.293 e. The molecule has 0 spiro atoms. The third-order valence-electron chi connectivity index (χ3n) is 4.04. The average Bonchev–Trinajstić information content (AvgIpc) is 3.17. The Balaban J connectivity index is 1.58. The number of hydrogen-bond donors (Lipinski definition) is 2. The second-order valence-corrected chi connectivity index (χ2v) is 7.21. The van der Waals surface area contributed by atoms with Gasteiger partial charge in [-0.05, 0) is 47.2 Å². The van der Waals surface area contributed by atoms with Crippen LogP contribution in [0.5, 0.6) is 23.0 Å². The fraction of sp³-hybridized carbons (Fsp3) is 0.111. The molecule has 2 aromatic carbocycles. The highest BCUT2D eigenvalue weighted by atomic mass is 35.5. The van der Waals surface area contributed by atoms with Gasteiger partial charge in [-0.3, -0.25) is 14.5 Å². The van der Waals surface area contributed by atoms with Crippen LogP contribution in [0.25, 0.3) is 6.08 Å². The van der Waals surface area contributed by atoms with E-state index in [1.165, 1.54) is 24.3 Å². The van der Waals surface area contributed by atoms with Gasteiger partial charge >= 0.3 is 0 Å². The van der Waals surface area contributed by atoms with Gasteiger partial charge < -0.3 is 19.7 Å². The van der Waals surface area contributed by atoms with Crippen LogP contribution in [-0.2, 0) is 11.3 Å². The maximum Gasteiger partial charge on any atom is 0.293 e. The van der Waals surface area contributed by atoms with Crippen molar-refractivity contribution in [3.8, 4) is 23.0 Å². The number of aromatic hydroxyl groups is 2. The van der Waals surface area contributed by atoms with Crippen molar-refractivity contribution in [1.82, 2.24) is 4.90 Å². The van der Waals surface area contributed by atoms with E-state index in [4.69, 9.17) is 21.1 Å². The molecule has 2 aromatic rings. The second kappa shape index (κ2) is 6.71. The number of hydrogen-bond acceptors (Lipinski definition) is 7. The lowest BCUT2D eigenvalue weighted by Gasteiger charge is -2.14. The summed E-state index contributed by atoms with van der Waals surface area (Å²) in [5.41, 5.74) is 1.05. The van der Waals surface area contributed by atoms with Crippen LogP contribution in [0.4, 0.5) is 4.79 Å². The first-order valence-electron chi connectivity index (χ1n) is 7.78. The number of fused-ring (bicyclic) bond motifs is 1. The molecule has 0 aliphatic carbocycles. The summed E-state index contributed by atoms with van der Waals surface area (Å²) in [4.78, 5) is 26.2. The molecule has 138 valence electrons. The lowest BCUT2D eigenvalue weighted by atomic mass is 10.1. The molecule has 0 atom stereocenters. The molecule has 2 aliphatic heterocycles. The van der Waals surface area contributed by atoms with Crippen LogP contribution in [0, 0.1) is 0 Å². The van der Waals surface area contributed by atoms with Gasteiger partial charge in [0, 0.05) is 11.1 Å². The van der Waals surface area contributed by atoms with E-state index in [0.717, 1.165) is 16.7 Å². The number of phenolic OH excluding ortho intramolecular Hbond substituents is 2. The molecule has 0 bridgehead atoms. The van der Waals surface area contributed by atoms with Gasteiger partial charge in [0.1, 0.15) is 0 Å². The highest BCUT2D eigenvalue weighted by Gasteiger charge is 2.35. The lowest BCUT2D eigenvalue weighted by Crippen LogP contribution is -2.27. The Bertz CT molecular complexity index is 1010. The SMILES string of the molecule is O=C1S/C(=C\c2ccc(O)c(O)c2)C(=O)N1Cc1cc2c(cc1Cl)OCO2. The number of imide groups is 1. The zero-order valence-corrected chi connectivity index (χ0v) is 15.2. The van der Waals surface area contributed by atoms with E-state index in [1.807, 2.05) is 0 Å². The highest BCUT2D eigenvalue weighted by molar-refractivity contribution is 8.18. The average molecular weight is 406 g/mol. The van der Waals surface area contributed by atoms with Gasteiger partial charge in [0.2, 0.25) is 6.79 Å². The second-order valence-electron chi connectivity index (χ2n) is 5.81. The van der Waals surface area contributed by atoms with Gasteiger partial charge in [-0.15, -0.1) is 0 Å². The Morgan fingerprint density at radius 2 is 1.85 bits per heavy atom. The number of amides is 2. The molecule has 27 heavy (non-hydrogen) atoms. The van der Waals surface area contributed by atoms with Crippen molar-refractivity contribution >= 4 is 40.6 Å². The van der Waals surface area contributed by atoms with E-state index in [-0.39, 0.29) is 29.7 Å². The van der Waals surface area contributed by atoms with E-state index < -0.39 is 11.1 Å². The van der Waals surface area contributed by atoms with Gasteiger partial charge in [0.05, 0.1) is 11.4 Å². The molecular weight excluding hydrogens is 394 g/mol. The minimum Gasteiger partial charge on any atom is -0.504 e. The van der Waals surface area contributed by atoms with Crippen LogP contribution in [0.15, 0.2) is 35.2 Å². The molecule has 1 fully saturated rings. The number of halogens is 1. The first-order valence-corrected chi connectivity index (χ1v) is 8.97. The standard InChI is InChI=1S/C18H12ClNO6S/c19-11-6-15-14(25-8-26-15)5-10(11)7-20-17(23)16(27-18(20)24)4-9-1-2-12(21)13(22)3-9/h1-6,21-22H,7-8H2/b16-4-.